The van der Waals surface area contributed by atoms with Crippen LogP contribution in [0.25, 0.3) is 23.3 Å². The van der Waals surface area contributed by atoms with Crippen molar-refractivity contribution in [1.82, 2.24) is 0 Å². The molecule has 0 aliphatic rings. The van der Waals surface area contributed by atoms with Crippen molar-refractivity contribution in [2.75, 3.05) is 12.3 Å². The summed E-state index contributed by atoms with van der Waals surface area (Å²) < 4.78 is 5.44. The van der Waals surface area contributed by atoms with Gasteiger partial charge in [0.25, 0.3) is 0 Å². The van der Waals surface area contributed by atoms with Gasteiger partial charge in [0.1, 0.15) is 0 Å². The Balaban J connectivity index is 1.85. The summed E-state index contributed by atoms with van der Waals surface area (Å²) in [6.45, 7) is 5.46. The lowest BCUT2D eigenvalue weighted by atomic mass is 9.96. The average molecular weight is 343 g/mol. The molecule has 0 unspecified atom stereocenters. The molecule has 3 aromatic rings. The molecule has 0 aromatic heterocycles. The van der Waals surface area contributed by atoms with Crippen LogP contribution in [0.15, 0.2) is 66.7 Å². The highest BCUT2D eigenvalue weighted by atomic mass is 16.5. The lowest BCUT2D eigenvalue weighted by Crippen LogP contribution is -1.95. The highest BCUT2D eigenvalue weighted by molar-refractivity contribution is 5.80. The molecule has 0 aliphatic carbocycles. The fourth-order valence-electron chi connectivity index (χ4n) is 3.03. The van der Waals surface area contributed by atoms with Crippen molar-refractivity contribution in [1.29, 1.82) is 0 Å². The van der Waals surface area contributed by atoms with Crippen molar-refractivity contribution >= 4 is 17.8 Å². The van der Waals surface area contributed by atoms with Crippen LogP contribution in [0.1, 0.15) is 29.2 Å². The van der Waals surface area contributed by atoms with Gasteiger partial charge >= 0.3 is 0 Å². The highest BCUT2D eigenvalue weighted by Gasteiger charge is 2.04. The molecular weight excluding hydrogens is 318 g/mol. The molecule has 2 heteroatoms. The molecule has 132 valence electrons. The average Bonchev–Trinajstić information content (AvgIpc) is 2.67. The van der Waals surface area contributed by atoms with E-state index in [-0.39, 0.29) is 0 Å². The number of benzene rings is 3. The summed E-state index contributed by atoms with van der Waals surface area (Å²) in [5.41, 5.74) is 14.1. The summed E-state index contributed by atoms with van der Waals surface area (Å²) in [5, 5.41) is 0. The van der Waals surface area contributed by atoms with Gasteiger partial charge in [-0.15, -0.1) is 0 Å². The van der Waals surface area contributed by atoms with E-state index in [1.807, 2.05) is 19.1 Å². The Morgan fingerprint density at radius 2 is 1.65 bits per heavy atom. The minimum absolute atomic E-state index is 0.600. The molecule has 26 heavy (non-hydrogen) atoms. The molecule has 2 nitrogen and oxygen atoms in total. The lowest BCUT2D eigenvalue weighted by Gasteiger charge is -2.09. The lowest BCUT2D eigenvalue weighted by molar-refractivity contribution is 0.134. The van der Waals surface area contributed by atoms with Crippen LogP contribution in [0.5, 0.6) is 0 Å². The maximum atomic E-state index is 6.21. The zero-order valence-corrected chi connectivity index (χ0v) is 15.4. The van der Waals surface area contributed by atoms with Crippen LogP contribution in [-0.4, -0.2) is 6.61 Å². The van der Waals surface area contributed by atoms with Crippen LogP contribution >= 0.6 is 0 Å². The SMILES string of the molecule is CCOCc1ccc(/C=C/c2cccc(-c3ccccc3)c2C)c(N)c1. The third-order valence-corrected chi connectivity index (χ3v) is 4.53. The summed E-state index contributed by atoms with van der Waals surface area (Å²) in [6.07, 6.45) is 4.21. The fraction of sp³-hybridized carbons (Fsp3) is 0.167. The molecule has 0 fully saturated rings. The van der Waals surface area contributed by atoms with Gasteiger partial charge in [0.2, 0.25) is 0 Å². The van der Waals surface area contributed by atoms with Crippen molar-refractivity contribution in [3.05, 3.63) is 89.0 Å². The number of ether oxygens (including phenoxy) is 1. The molecule has 0 aliphatic heterocycles. The predicted molar refractivity (Wildman–Crippen MR) is 112 cm³/mol. The summed E-state index contributed by atoms with van der Waals surface area (Å²) >= 11 is 0. The van der Waals surface area contributed by atoms with E-state index in [1.165, 1.54) is 22.3 Å². The summed E-state index contributed by atoms with van der Waals surface area (Å²) in [4.78, 5) is 0. The second kappa shape index (κ2) is 8.50. The molecule has 0 bridgehead atoms. The Kier molecular flexibility index (Phi) is 5.88. The van der Waals surface area contributed by atoms with E-state index >= 15 is 0 Å². The summed E-state index contributed by atoms with van der Waals surface area (Å²) in [7, 11) is 0. The zero-order valence-electron chi connectivity index (χ0n) is 15.4. The number of nitrogen functional groups attached to an aromatic ring is 1. The highest BCUT2D eigenvalue weighted by Crippen LogP contribution is 2.27. The van der Waals surface area contributed by atoms with Gasteiger partial charge in [-0.25, -0.2) is 0 Å². The summed E-state index contributed by atoms with van der Waals surface area (Å²) in [6, 6.07) is 23.0. The van der Waals surface area contributed by atoms with E-state index in [2.05, 4.69) is 73.7 Å². The van der Waals surface area contributed by atoms with Crippen molar-refractivity contribution in [3.8, 4) is 11.1 Å². The molecule has 0 atom stereocenters. The minimum Gasteiger partial charge on any atom is -0.398 e. The second-order valence-electron chi connectivity index (χ2n) is 6.32. The molecule has 2 N–H and O–H groups in total. The van der Waals surface area contributed by atoms with E-state index in [0.717, 1.165) is 16.8 Å². The molecule has 0 radical (unpaired) electrons. The van der Waals surface area contributed by atoms with Crippen LogP contribution < -0.4 is 5.73 Å². The zero-order chi connectivity index (χ0) is 18.4. The van der Waals surface area contributed by atoms with Crippen LogP contribution in [0.3, 0.4) is 0 Å². The molecule has 3 rings (SSSR count). The quantitative estimate of drug-likeness (QED) is 0.443. The van der Waals surface area contributed by atoms with Gasteiger partial charge in [0.15, 0.2) is 0 Å². The largest absolute Gasteiger partial charge is 0.398 e. The number of nitrogens with two attached hydrogens (primary N) is 1. The third-order valence-electron chi connectivity index (χ3n) is 4.53. The topological polar surface area (TPSA) is 35.2 Å². The molecule has 0 spiro atoms. The van der Waals surface area contributed by atoms with Gasteiger partial charge in [0.05, 0.1) is 6.61 Å². The number of anilines is 1. The van der Waals surface area contributed by atoms with Crippen LogP contribution in [0, 0.1) is 6.92 Å². The maximum absolute atomic E-state index is 6.21. The molecule has 0 heterocycles. The Morgan fingerprint density at radius 3 is 2.38 bits per heavy atom. The van der Waals surface area contributed by atoms with Crippen molar-refractivity contribution in [2.24, 2.45) is 0 Å². The first-order valence-corrected chi connectivity index (χ1v) is 8.98. The Hall–Kier alpha value is -2.84. The molecule has 3 aromatic carbocycles. The number of rotatable bonds is 6. The molecular formula is C24H25NO. The third kappa shape index (κ3) is 4.22. The van der Waals surface area contributed by atoms with Gasteiger partial charge < -0.3 is 10.5 Å². The standard InChI is InChI=1S/C24H25NO/c1-3-26-17-19-12-13-22(24(25)16-19)15-14-20-10-7-11-23(18(20)2)21-8-5-4-6-9-21/h4-16H,3,17,25H2,1-2H3/b15-14+. The van der Waals surface area contributed by atoms with E-state index < -0.39 is 0 Å². The van der Waals surface area contributed by atoms with Gasteiger partial charge in [-0.2, -0.15) is 0 Å². The Labute approximate surface area is 155 Å². The molecule has 0 saturated heterocycles. The number of hydrogen-bond acceptors (Lipinski definition) is 2. The Bertz CT molecular complexity index is 897. The van der Waals surface area contributed by atoms with Crippen LogP contribution in [0.4, 0.5) is 5.69 Å². The van der Waals surface area contributed by atoms with E-state index in [4.69, 9.17) is 10.5 Å². The maximum Gasteiger partial charge on any atom is 0.0717 e. The molecule has 0 amide bonds. The fourth-order valence-corrected chi connectivity index (χ4v) is 3.03. The van der Waals surface area contributed by atoms with Crippen LogP contribution in [-0.2, 0) is 11.3 Å². The van der Waals surface area contributed by atoms with Gasteiger partial charge in [-0.1, -0.05) is 72.8 Å². The second-order valence-corrected chi connectivity index (χ2v) is 6.32. The van der Waals surface area contributed by atoms with Crippen molar-refractivity contribution < 1.29 is 4.74 Å². The predicted octanol–water partition coefficient (Wildman–Crippen LogP) is 5.95. The minimum atomic E-state index is 0.600. The first-order chi connectivity index (χ1) is 12.7. The van der Waals surface area contributed by atoms with E-state index in [9.17, 15) is 0 Å². The van der Waals surface area contributed by atoms with E-state index in [0.29, 0.717) is 13.2 Å². The number of hydrogen-bond donors (Lipinski definition) is 1. The van der Waals surface area contributed by atoms with Crippen LogP contribution in [0.2, 0.25) is 0 Å². The van der Waals surface area contributed by atoms with Gasteiger partial charge in [-0.05, 0) is 53.3 Å². The van der Waals surface area contributed by atoms with Gasteiger partial charge in [-0.3, -0.25) is 0 Å². The van der Waals surface area contributed by atoms with Gasteiger partial charge in [0, 0.05) is 12.3 Å². The smallest absolute Gasteiger partial charge is 0.0717 e. The summed E-state index contributed by atoms with van der Waals surface area (Å²) in [5.74, 6) is 0. The molecule has 0 saturated carbocycles. The van der Waals surface area contributed by atoms with E-state index in [1.54, 1.807) is 0 Å². The first kappa shape index (κ1) is 18.0. The Morgan fingerprint density at radius 1 is 0.885 bits per heavy atom. The monoisotopic (exact) mass is 343 g/mol. The first-order valence-electron chi connectivity index (χ1n) is 8.98. The van der Waals surface area contributed by atoms with Crippen molar-refractivity contribution in [3.63, 3.8) is 0 Å². The van der Waals surface area contributed by atoms with Crippen molar-refractivity contribution in [2.45, 2.75) is 20.5 Å². The normalized spacial score (nSPS) is 11.2.